The molecular weight excluding hydrogens is 368 g/mol. The van der Waals surface area contributed by atoms with Crippen molar-refractivity contribution in [1.82, 2.24) is 4.98 Å². The number of hydrogen-bond acceptors (Lipinski definition) is 5. The van der Waals surface area contributed by atoms with E-state index in [1.807, 2.05) is 0 Å². The number of ether oxygens (including phenoxy) is 1. The Labute approximate surface area is 159 Å². The zero-order valence-electron chi connectivity index (χ0n) is 14.7. The minimum atomic E-state index is -0.887. The fraction of sp³-hybridized carbons (Fsp3) is 0.0500. The van der Waals surface area contributed by atoms with Crippen molar-refractivity contribution in [2.75, 3.05) is 17.7 Å². The summed E-state index contributed by atoms with van der Waals surface area (Å²) in [5, 5.41) is 5.39. The number of nitrogens with one attached hydrogen (secondary N) is 2. The lowest BCUT2D eigenvalue weighted by Crippen LogP contribution is -2.15. The summed E-state index contributed by atoms with van der Waals surface area (Å²) in [7, 11) is 1.29. The van der Waals surface area contributed by atoms with Gasteiger partial charge < -0.3 is 15.4 Å². The molecule has 0 aliphatic carbocycles. The number of rotatable bonds is 5. The average Bonchev–Trinajstić information content (AvgIpc) is 2.70. The first kappa shape index (κ1) is 19.0. The SMILES string of the molecule is COC(=O)c1cccc(Nc2ccnc(C(=O)Nc3ccc(F)cc3F)c2)c1. The number of hydrogen-bond donors (Lipinski definition) is 2. The Morgan fingerprint density at radius 2 is 1.79 bits per heavy atom. The molecule has 0 unspecified atom stereocenters. The Morgan fingerprint density at radius 1 is 1.00 bits per heavy atom. The molecule has 0 saturated carbocycles. The number of aromatic nitrogens is 1. The lowest BCUT2D eigenvalue weighted by molar-refractivity contribution is 0.0600. The minimum Gasteiger partial charge on any atom is -0.465 e. The summed E-state index contributed by atoms with van der Waals surface area (Å²) in [6.45, 7) is 0. The molecule has 2 N–H and O–H groups in total. The quantitative estimate of drug-likeness (QED) is 0.647. The van der Waals surface area contributed by atoms with E-state index in [2.05, 4.69) is 20.4 Å². The van der Waals surface area contributed by atoms with Crippen LogP contribution in [-0.4, -0.2) is 24.0 Å². The van der Waals surface area contributed by atoms with Gasteiger partial charge in [0.1, 0.15) is 17.3 Å². The van der Waals surface area contributed by atoms with E-state index in [-0.39, 0.29) is 11.4 Å². The van der Waals surface area contributed by atoms with Crippen LogP contribution in [0.5, 0.6) is 0 Å². The smallest absolute Gasteiger partial charge is 0.337 e. The summed E-state index contributed by atoms with van der Waals surface area (Å²) in [5.41, 5.74) is 1.37. The number of amides is 1. The number of carbonyl (C=O) groups is 2. The van der Waals surface area contributed by atoms with Gasteiger partial charge in [-0.15, -0.1) is 0 Å². The molecule has 1 amide bonds. The van der Waals surface area contributed by atoms with E-state index >= 15 is 0 Å². The number of methoxy groups -OCH3 is 1. The molecule has 0 atom stereocenters. The van der Waals surface area contributed by atoms with Crippen molar-refractivity contribution in [2.24, 2.45) is 0 Å². The van der Waals surface area contributed by atoms with Crippen LogP contribution in [0.25, 0.3) is 0 Å². The summed E-state index contributed by atoms with van der Waals surface area (Å²) in [5.74, 6) is -2.76. The number of carbonyl (C=O) groups excluding carboxylic acids is 2. The van der Waals surface area contributed by atoms with Crippen molar-refractivity contribution in [1.29, 1.82) is 0 Å². The Kier molecular flexibility index (Phi) is 5.59. The van der Waals surface area contributed by atoms with Crippen LogP contribution in [0.4, 0.5) is 25.8 Å². The van der Waals surface area contributed by atoms with Crippen LogP contribution in [0, 0.1) is 11.6 Å². The molecule has 0 fully saturated rings. The molecule has 142 valence electrons. The highest BCUT2D eigenvalue weighted by atomic mass is 19.1. The molecule has 3 aromatic rings. The second-order valence-corrected chi connectivity index (χ2v) is 5.71. The van der Waals surface area contributed by atoms with E-state index in [9.17, 15) is 18.4 Å². The van der Waals surface area contributed by atoms with Gasteiger partial charge in [-0.3, -0.25) is 9.78 Å². The lowest BCUT2D eigenvalue weighted by Gasteiger charge is -2.10. The lowest BCUT2D eigenvalue weighted by atomic mass is 10.2. The van der Waals surface area contributed by atoms with Crippen LogP contribution >= 0.6 is 0 Å². The van der Waals surface area contributed by atoms with Crippen LogP contribution in [-0.2, 0) is 4.74 Å². The predicted octanol–water partition coefficient (Wildman–Crippen LogP) is 4.14. The predicted molar refractivity (Wildman–Crippen MR) is 99.6 cm³/mol. The zero-order valence-corrected chi connectivity index (χ0v) is 14.7. The third-order valence-electron chi connectivity index (χ3n) is 3.74. The molecule has 6 nitrogen and oxygen atoms in total. The Balaban J connectivity index is 1.77. The van der Waals surface area contributed by atoms with Crippen LogP contribution in [0.2, 0.25) is 0 Å². The monoisotopic (exact) mass is 383 g/mol. The van der Waals surface area contributed by atoms with Crippen molar-refractivity contribution in [3.63, 3.8) is 0 Å². The zero-order chi connectivity index (χ0) is 20.1. The van der Waals surface area contributed by atoms with Crippen LogP contribution < -0.4 is 10.6 Å². The normalized spacial score (nSPS) is 10.2. The molecule has 0 bridgehead atoms. The van der Waals surface area contributed by atoms with Gasteiger partial charge in [0, 0.05) is 23.6 Å². The van der Waals surface area contributed by atoms with Gasteiger partial charge in [0.25, 0.3) is 5.91 Å². The number of halogens is 2. The molecule has 0 spiro atoms. The first-order valence-corrected chi connectivity index (χ1v) is 8.14. The number of esters is 1. The third-order valence-corrected chi connectivity index (χ3v) is 3.74. The fourth-order valence-corrected chi connectivity index (χ4v) is 2.42. The van der Waals surface area contributed by atoms with Crippen LogP contribution in [0.3, 0.4) is 0 Å². The van der Waals surface area contributed by atoms with Crippen molar-refractivity contribution in [2.45, 2.75) is 0 Å². The Bertz CT molecular complexity index is 1040. The third kappa shape index (κ3) is 4.47. The average molecular weight is 383 g/mol. The summed E-state index contributed by atoms with van der Waals surface area (Å²) in [4.78, 5) is 27.9. The van der Waals surface area contributed by atoms with Gasteiger partial charge in [0.2, 0.25) is 0 Å². The van der Waals surface area contributed by atoms with Gasteiger partial charge in [-0.25, -0.2) is 13.6 Å². The van der Waals surface area contributed by atoms with Crippen LogP contribution in [0.1, 0.15) is 20.8 Å². The molecule has 3 rings (SSSR count). The van der Waals surface area contributed by atoms with Gasteiger partial charge in [-0.2, -0.15) is 0 Å². The van der Waals surface area contributed by atoms with Gasteiger partial charge in [0.05, 0.1) is 18.4 Å². The second kappa shape index (κ2) is 8.26. The van der Waals surface area contributed by atoms with Gasteiger partial charge in [-0.1, -0.05) is 6.07 Å². The maximum absolute atomic E-state index is 13.7. The van der Waals surface area contributed by atoms with Gasteiger partial charge in [0.15, 0.2) is 0 Å². The van der Waals surface area contributed by atoms with Gasteiger partial charge >= 0.3 is 5.97 Å². The Morgan fingerprint density at radius 3 is 2.54 bits per heavy atom. The first-order chi connectivity index (χ1) is 13.5. The number of anilines is 3. The highest BCUT2D eigenvalue weighted by Gasteiger charge is 2.12. The maximum atomic E-state index is 13.7. The van der Waals surface area contributed by atoms with Crippen molar-refractivity contribution < 1.29 is 23.1 Å². The molecule has 1 aromatic heterocycles. The van der Waals surface area contributed by atoms with Crippen LogP contribution in [0.15, 0.2) is 60.8 Å². The Hall–Kier alpha value is -3.81. The fourth-order valence-electron chi connectivity index (χ4n) is 2.42. The molecule has 8 heteroatoms. The van der Waals surface area contributed by atoms with E-state index in [1.54, 1.807) is 30.3 Å². The summed E-state index contributed by atoms with van der Waals surface area (Å²) in [6.07, 6.45) is 1.41. The van der Waals surface area contributed by atoms with E-state index in [0.717, 1.165) is 12.1 Å². The number of pyridine rings is 1. The molecule has 0 aliphatic heterocycles. The highest BCUT2D eigenvalue weighted by molar-refractivity contribution is 6.03. The molecule has 1 heterocycles. The van der Waals surface area contributed by atoms with Crippen molar-refractivity contribution >= 4 is 28.9 Å². The summed E-state index contributed by atoms with van der Waals surface area (Å²) >= 11 is 0. The topological polar surface area (TPSA) is 80.3 Å². The van der Waals surface area contributed by atoms with E-state index in [1.165, 1.54) is 19.4 Å². The second-order valence-electron chi connectivity index (χ2n) is 5.71. The first-order valence-electron chi connectivity index (χ1n) is 8.14. The number of benzene rings is 2. The summed E-state index contributed by atoms with van der Waals surface area (Å²) < 4.78 is 31.3. The van der Waals surface area contributed by atoms with E-state index in [0.29, 0.717) is 23.0 Å². The number of nitrogens with zero attached hydrogens (tertiary/aromatic N) is 1. The van der Waals surface area contributed by atoms with Crippen molar-refractivity contribution in [3.8, 4) is 0 Å². The van der Waals surface area contributed by atoms with Gasteiger partial charge in [-0.05, 0) is 42.5 Å². The minimum absolute atomic E-state index is 0.0258. The molecule has 0 radical (unpaired) electrons. The molecule has 2 aromatic carbocycles. The molecule has 28 heavy (non-hydrogen) atoms. The highest BCUT2D eigenvalue weighted by Crippen LogP contribution is 2.20. The maximum Gasteiger partial charge on any atom is 0.337 e. The van der Waals surface area contributed by atoms with E-state index in [4.69, 9.17) is 0 Å². The van der Waals surface area contributed by atoms with E-state index < -0.39 is 23.5 Å². The molecular formula is C20H15F2N3O3. The van der Waals surface area contributed by atoms with Crippen molar-refractivity contribution in [3.05, 3.63) is 83.7 Å². The molecule has 0 aliphatic rings. The largest absolute Gasteiger partial charge is 0.465 e. The molecule has 0 saturated heterocycles. The summed E-state index contributed by atoms with van der Waals surface area (Å²) in [6, 6.07) is 12.6. The standard InChI is InChI=1S/C20H15F2N3O3/c1-28-20(27)12-3-2-4-14(9-12)24-15-7-8-23-18(11-15)19(26)25-17-6-5-13(21)10-16(17)22/h2-11H,1H3,(H,23,24)(H,25,26).